The molecule has 5 nitrogen and oxygen atoms in total. The van der Waals surface area contributed by atoms with Gasteiger partial charge in [0.15, 0.2) is 6.10 Å². The van der Waals surface area contributed by atoms with E-state index in [0.717, 1.165) is 0 Å². The van der Waals surface area contributed by atoms with Crippen molar-refractivity contribution in [2.45, 2.75) is 33.0 Å². The molecule has 0 saturated carbocycles. The second-order valence-electron chi connectivity index (χ2n) is 2.93. The summed E-state index contributed by atoms with van der Waals surface area (Å²) in [6, 6.07) is 0. The summed E-state index contributed by atoms with van der Waals surface area (Å²) in [5, 5.41) is 0. The van der Waals surface area contributed by atoms with Crippen molar-refractivity contribution in [3.63, 3.8) is 0 Å². The highest BCUT2D eigenvalue weighted by Crippen LogP contribution is 1.98. The molecule has 0 aromatic heterocycles. The standard InChI is InChI=1S/C9H16O5/c1-6(5-13-8(3)10)14-9(11)7(2)12-4/h6-7H,5H2,1-4H3. The highest BCUT2D eigenvalue weighted by Gasteiger charge is 2.16. The number of rotatable bonds is 5. The van der Waals surface area contributed by atoms with Gasteiger partial charge < -0.3 is 14.2 Å². The van der Waals surface area contributed by atoms with E-state index in [0.29, 0.717) is 0 Å². The second kappa shape index (κ2) is 6.37. The largest absolute Gasteiger partial charge is 0.462 e. The number of hydrogen-bond donors (Lipinski definition) is 0. The van der Waals surface area contributed by atoms with Gasteiger partial charge in [-0.1, -0.05) is 0 Å². The third kappa shape index (κ3) is 5.53. The average molecular weight is 204 g/mol. The molecule has 0 spiro atoms. The van der Waals surface area contributed by atoms with Crippen LogP contribution in [0.3, 0.4) is 0 Å². The fraction of sp³-hybridized carbons (Fsp3) is 0.778. The summed E-state index contributed by atoms with van der Waals surface area (Å²) >= 11 is 0. The highest BCUT2D eigenvalue weighted by molar-refractivity contribution is 5.74. The maximum atomic E-state index is 11.1. The van der Waals surface area contributed by atoms with Gasteiger partial charge in [-0.2, -0.15) is 0 Å². The zero-order chi connectivity index (χ0) is 11.1. The van der Waals surface area contributed by atoms with Crippen LogP contribution in [0.5, 0.6) is 0 Å². The fourth-order valence-electron chi connectivity index (χ4n) is 0.659. The van der Waals surface area contributed by atoms with Crippen molar-refractivity contribution in [3.8, 4) is 0 Å². The van der Waals surface area contributed by atoms with Gasteiger partial charge in [-0.05, 0) is 13.8 Å². The number of ether oxygens (including phenoxy) is 3. The average Bonchev–Trinajstić information content (AvgIpc) is 2.13. The Balaban J connectivity index is 3.76. The Morgan fingerprint density at radius 1 is 1.29 bits per heavy atom. The van der Waals surface area contributed by atoms with E-state index < -0.39 is 24.1 Å². The van der Waals surface area contributed by atoms with Crippen LogP contribution >= 0.6 is 0 Å². The molecule has 0 aromatic rings. The van der Waals surface area contributed by atoms with Gasteiger partial charge in [-0.25, -0.2) is 4.79 Å². The second-order valence-corrected chi connectivity index (χ2v) is 2.93. The quantitative estimate of drug-likeness (QED) is 0.611. The van der Waals surface area contributed by atoms with E-state index in [1.165, 1.54) is 14.0 Å². The number of hydrogen-bond acceptors (Lipinski definition) is 5. The Labute approximate surface area is 83.3 Å². The van der Waals surface area contributed by atoms with Crippen LogP contribution in [0.25, 0.3) is 0 Å². The van der Waals surface area contributed by atoms with E-state index in [1.54, 1.807) is 13.8 Å². The number of methoxy groups -OCH3 is 1. The summed E-state index contributed by atoms with van der Waals surface area (Å²) in [7, 11) is 1.42. The molecule has 0 heterocycles. The first-order chi connectivity index (χ1) is 6.47. The van der Waals surface area contributed by atoms with E-state index in [2.05, 4.69) is 4.74 Å². The fourth-order valence-corrected chi connectivity index (χ4v) is 0.659. The maximum absolute atomic E-state index is 11.1. The van der Waals surface area contributed by atoms with Gasteiger partial charge in [0, 0.05) is 14.0 Å². The number of esters is 2. The van der Waals surface area contributed by atoms with Crippen LogP contribution in [-0.2, 0) is 23.8 Å². The predicted octanol–water partition coefficient (Wildman–Crippen LogP) is 0.516. The lowest BCUT2D eigenvalue weighted by Crippen LogP contribution is -2.28. The lowest BCUT2D eigenvalue weighted by atomic mass is 10.4. The summed E-state index contributed by atoms with van der Waals surface area (Å²) in [5.41, 5.74) is 0. The number of carbonyl (C=O) groups is 2. The van der Waals surface area contributed by atoms with Crippen molar-refractivity contribution in [1.82, 2.24) is 0 Å². The van der Waals surface area contributed by atoms with Crippen molar-refractivity contribution >= 4 is 11.9 Å². The molecule has 0 amide bonds. The zero-order valence-corrected chi connectivity index (χ0v) is 8.90. The van der Waals surface area contributed by atoms with Crippen molar-refractivity contribution in [1.29, 1.82) is 0 Å². The summed E-state index contributed by atoms with van der Waals surface area (Å²) < 4.78 is 14.3. The van der Waals surface area contributed by atoms with Crippen LogP contribution in [0.4, 0.5) is 0 Å². The SMILES string of the molecule is COC(C)C(=O)OC(C)COC(C)=O. The molecule has 0 radical (unpaired) electrons. The van der Waals surface area contributed by atoms with Gasteiger partial charge in [-0.15, -0.1) is 0 Å². The molecular formula is C9H16O5. The third-order valence-electron chi connectivity index (χ3n) is 1.52. The molecule has 2 unspecified atom stereocenters. The molecule has 0 aliphatic rings. The van der Waals surface area contributed by atoms with E-state index in [4.69, 9.17) is 9.47 Å². The summed E-state index contributed by atoms with van der Waals surface area (Å²) in [5.74, 6) is -0.861. The molecule has 5 heteroatoms. The minimum atomic E-state index is -0.602. The van der Waals surface area contributed by atoms with E-state index in [-0.39, 0.29) is 6.61 Å². The normalized spacial score (nSPS) is 14.3. The highest BCUT2D eigenvalue weighted by atomic mass is 16.6. The van der Waals surface area contributed by atoms with Crippen LogP contribution in [-0.4, -0.2) is 37.9 Å². The summed E-state index contributed by atoms with van der Waals surface area (Å²) in [4.78, 5) is 21.6. The minimum absolute atomic E-state index is 0.0670. The molecule has 0 saturated heterocycles. The summed E-state index contributed by atoms with van der Waals surface area (Å²) in [6.45, 7) is 4.59. The van der Waals surface area contributed by atoms with Gasteiger partial charge in [0.25, 0.3) is 0 Å². The van der Waals surface area contributed by atoms with Crippen LogP contribution in [0.2, 0.25) is 0 Å². The first kappa shape index (κ1) is 12.9. The molecule has 82 valence electrons. The van der Waals surface area contributed by atoms with Gasteiger partial charge in [0.2, 0.25) is 0 Å². The Morgan fingerprint density at radius 2 is 1.86 bits per heavy atom. The Bertz CT molecular complexity index is 201. The summed E-state index contributed by atoms with van der Waals surface area (Å²) in [6.07, 6.45) is -1.06. The van der Waals surface area contributed by atoms with Crippen LogP contribution in [0, 0.1) is 0 Å². The van der Waals surface area contributed by atoms with Gasteiger partial charge in [0.1, 0.15) is 12.7 Å². The van der Waals surface area contributed by atoms with E-state index >= 15 is 0 Å². The molecule has 14 heavy (non-hydrogen) atoms. The lowest BCUT2D eigenvalue weighted by molar-refractivity contribution is -0.164. The van der Waals surface area contributed by atoms with Gasteiger partial charge in [0.05, 0.1) is 0 Å². The molecule has 0 bridgehead atoms. The van der Waals surface area contributed by atoms with Crippen LogP contribution in [0.1, 0.15) is 20.8 Å². The molecule has 0 aliphatic heterocycles. The molecule has 0 aliphatic carbocycles. The Hall–Kier alpha value is -1.10. The minimum Gasteiger partial charge on any atom is -0.462 e. The van der Waals surface area contributed by atoms with Gasteiger partial charge in [-0.3, -0.25) is 4.79 Å². The molecular weight excluding hydrogens is 188 g/mol. The monoisotopic (exact) mass is 204 g/mol. The van der Waals surface area contributed by atoms with Crippen molar-refractivity contribution in [2.75, 3.05) is 13.7 Å². The predicted molar refractivity (Wildman–Crippen MR) is 48.7 cm³/mol. The molecule has 0 rings (SSSR count). The Kier molecular flexibility index (Phi) is 5.87. The van der Waals surface area contributed by atoms with E-state index in [1.807, 2.05) is 0 Å². The van der Waals surface area contributed by atoms with E-state index in [9.17, 15) is 9.59 Å². The first-order valence-electron chi connectivity index (χ1n) is 4.34. The van der Waals surface area contributed by atoms with Crippen molar-refractivity contribution < 1.29 is 23.8 Å². The zero-order valence-electron chi connectivity index (χ0n) is 8.90. The number of carbonyl (C=O) groups excluding carboxylic acids is 2. The van der Waals surface area contributed by atoms with Crippen molar-refractivity contribution in [3.05, 3.63) is 0 Å². The van der Waals surface area contributed by atoms with Crippen LogP contribution in [0.15, 0.2) is 0 Å². The Morgan fingerprint density at radius 3 is 2.29 bits per heavy atom. The van der Waals surface area contributed by atoms with Gasteiger partial charge >= 0.3 is 11.9 Å². The van der Waals surface area contributed by atoms with Crippen LogP contribution < -0.4 is 0 Å². The molecule has 2 atom stereocenters. The third-order valence-corrected chi connectivity index (χ3v) is 1.52. The smallest absolute Gasteiger partial charge is 0.335 e. The topological polar surface area (TPSA) is 61.8 Å². The molecule has 0 aromatic carbocycles. The first-order valence-corrected chi connectivity index (χ1v) is 4.34. The molecule has 0 N–H and O–H groups in total. The lowest BCUT2D eigenvalue weighted by Gasteiger charge is -2.15. The molecule has 0 fully saturated rings. The van der Waals surface area contributed by atoms with Crippen molar-refractivity contribution in [2.24, 2.45) is 0 Å². The maximum Gasteiger partial charge on any atom is 0.335 e.